The Labute approximate surface area is 245 Å². The predicted octanol–water partition coefficient (Wildman–Crippen LogP) is 7.24. The number of benzene rings is 3. The molecular weight excluding hydrogens is 621 g/mol. The van der Waals surface area contributed by atoms with Crippen LogP contribution in [0.1, 0.15) is 43.0 Å². The van der Waals surface area contributed by atoms with Crippen molar-refractivity contribution in [1.82, 2.24) is 9.88 Å². The molecular formula is C31H34IN3O3S. The van der Waals surface area contributed by atoms with Crippen LogP contribution in [0.25, 0.3) is 11.3 Å². The van der Waals surface area contributed by atoms with E-state index in [0.29, 0.717) is 17.5 Å². The Hall–Kier alpha value is -2.82. The summed E-state index contributed by atoms with van der Waals surface area (Å²) in [6.07, 6.45) is 4.84. The zero-order chi connectivity index (χ0) is 27.4. The summed E-state index contributed by atoms with van der Waals surface area (Å²) in [4.78, 5) is 6.34. The highest BCUT2D eigenvalue weighted by atomic mass is 127. The van der Waals surface area contributed by atoms with Gasteiger partial charge in [0.25, 0.3) is 10.0 Å². The van der Waals surface area contributed by atoms with Gasteiger partial charge >= 0.3 is 0 Å². The average Bonchev–Trinajstić information content (AvgIpc) is 3.30. The standard InChI is InChI=1S/C31H34IN3O3S/c1-34(26-15-12-24(32)13-16-26)39(36,37)27-17-19-31(38-2)28(21-27)29-18-14-25(33-29)22-35-20-8-4-7-11-30(35)23-9-5-3-6-10-23/h3,5-6,9-10,12-19,21,30,33H,4,7-8,11,20,22H2,1-2H3/t30-/m1/s1. The third-order valence-electron chi connectivity index (χ3n) is 7.48. The second kappa shape index (κ2) is 12.1. The van der Waals surface area contributed by atoms with E-state index in [-0.39, 0.29) is 4.90 Å². The van der Waals surface area contributed by atoms with Gasteiger partial charge in [-0.05, 0) is 102 Å². The molecule has 1 fully saturated rings. The van der Waals surface area contributed by atoms with Crippen molar-refractivity contribution in [2.75, 3.05) is 25.0 Å². The summed E-state index contributed by atoms with van der Waals surface area (Å²) in [5.41, 5.74) is 4.63. The minimum absolute atomic E-state index is 0.215. The van der Waals surface area contributed by atoms with E-state index in [4.69, 9.17) is 4.74 Å². The number of H-pyrrole nitrogens is 1. The number of halogens is 1. The lowest BCUT2D eigenvalue weighted by Gasteiger charge is -2.30. The maximum Gasteiger partial charge on any atom is 0.264 e. The van der Waals surface area contributed by atoms with Crippen LogP contribution >= 0.6 is 22.6 Å². The number of anilines is 1. The van der Waals surface area contributed by atoms with Crippen LogP contribution in [0.4, 0.5) is 5.69 Å². The SMILES string of the molecule is COc1ccc(S(=O)(=O)N(C)c2ccc(I)cc2)cc1-c1ccc(CN2CCCCC[C@@H]2c2ccccc2)[nH]1. The first kappa shape index (κ1) is 27.7. The minimum atomic E-state index is -3.77. The number of aromatic amines is 1. The number of nitrogens with one attached hydrogen (secondary N) is 1. The van der Waals surface area contributed by atoms with Crippen LogP contribution in [-0.4, -0.2) is 39.0 Å². The Morgan fingerprint density at radius 3 is 2.49 bits per heavy atom. The molecule has 0 amide bonds. The number of sulfonamides is 1. The minimum Gasteiger partial charge on any atom is -0.496 e. The Kier molecular flexibility index (Phi) is 8.64. The molecule has 0 bridgehead atoms. The second-order valence-corrected chi connectivity index (χ2v) is 13.2. The largest absolute Gasteiger partial charge is 0.496 e. The molecule has 1 saturated heterocycles. The third-order valence-corrected chi connectivity index (χ3v) is 9.98. The van der Waals surface area contributed by atoms with Crippen LogP contribution < -0.4 is 9.04 Å². The molecule has 0 saturated carbocycles. The highest BCUT2D eigenvalue weighted by Crippen LogP contribution is 2.35. The van der Waals surface area contributed by atoms with E-state index in [1.165, 1.54) is 29.1 Å². The number of hydrogen-bond donors (Lipinski definition) is 1. The van der Waals surface area contributed by atoms with Crippen molar-refractivity contribution in [3.63, 3.8) is 0 Å². The second-order valence-electron chi connectivity index (χ2n) is 9.95. The van der Waals surface area contributed by atoms with Gasteiger partial charge in [0.1, 0.15) is 5.75 Å². The molecule has 1 aliphatic rings. The van der Waals surface area contributed by atoms with E-state index in [1.54, 1.807) is 32.4 Å². The van der Waals surface area contributed by atoms with Crippen LogP contribution in [0.3, 0.4) is 0 Å². The Morgan fingerprint density at radius 2 is 1.74 bits per heavy atom. The Balaban J connectivity index is 1.42. The molecule has 204 valence electrons. The quantitative estimate of drug-likeness (QED) is 0.204. The molecule has 2 heterocycles. The van der Waals surface area contributed by atoms with Gasteiger partial charge in [0.2, 0.25) is 0 Å². The molecule has 3 aromatic carbocycles. The lowest BCUT2D eigenvalue weighted by Crippen LogP contribution is -2.28. The molecule has 1 N–H and O–H groups in total. The molecule has 4 aromatic rings. The first-order valence-corrected chi connectivity index (χ1v) is 15.8. The number of methoxy groups -OCH3 is 1. The average molecular weight is 656 g/mol. The van der Waals surface area contributed by atoms with Crippen LogP contribution in [0, 0.1) is 3.57 Å². The summed E-state index contributed by atoms with van der Waals surface area (Å²) in [7, 11) is -0.576. The van der Waals surface area contributed by atoms with Crippen molar-refractivity contribution in [2.45, 2.75) is 43.2 Å². The third kappa shape index (κ3) is 6.18. The van der Waals surface area contributed by atoms with Gasteiger partial charge in [-0.15, -0.1) is 0 Å². The summed E-state index contributed by atoms with van der Waals surface area (Å²) in [5.74, 6) is 0.621. The number of hydrogen-bond acceptors (Lipinski definition) is 4. The number of nitrogens with zero attached hydrogens (tertiary/aromatic N) is 2. The smallest absolute Gasteiger partial charge is 0.264 e. The normalized spacial score (nSPS) is 16.5. The highest BCUT2D eigenvalue weighted by molar-refractivity contribution is 14.1. The Morgan fingerprint density at radius 1 is 0.974 bits per heavy atom. The van der Waals surface area contributed by atoms with Crippen LogP contribution in [-0.2, 0) is 16.6 Å². The van der Waals surface area contributed by atoms with Gasteiger partial charge in [-0.1, -0.05) is 43.2 Å². The van der Waals surface area contributed by atoms with Gasteiger partial charge < -0.3 is 9.72 Å². The van der Waals surface area contributed by atoms with Crippen LogP contribution in [0.5, 0.6) is 5.75 Å². The monoisotopic (exact) mass is 655 g/mol. The molecule has 0 aliphatic carbocycles. The van der Waals surface area contributed by atoms with Crippen molar-refractivity contribution in [3.05, 3.63) is 99.8 Å². The molecule has 8 heteroatoms. The Bertz CT molecular complexity index is 1500. The maximum absolute atomic E-state index is 13.5. The lowest BCUT2D eigenvalue weighted by atomic mass is 10.0. The maximum atomic E-state index is 13.5. The molecule has 6 nitrogen and oxygen atoms in total. The fourth-order valence-electron chi connectivity index (χ4n) is 5.32. The first-order valence-electron chi connectivity index (χ1n) is 13.3. The molecule has 0 unspecified atom stereocenters. The molecule has 1 aromatic heterocycles. The van der Waals surface area contributed by atoms with Crippen LogP contribution in [0.2, 0.25) is 0 Å². The van der Waals surface area contributed by atoms with Gasteiger partial charge in [0, 0.05) is 40.2 Å². The fraction of sp³-hybridized carbons (Fsp3) is 0.290. The molecule has 0 radical (unpaired) electrons. The first-order chi connectivity index (χ1) is 18.9. The topological polar surface area (TPSA) is 65.6 Å². The van der Waals surface area contributed by atoms with Gasteiger partial charge in [0.15, 0.2) is 0 Å². The van der Waals surface area contributed by atoms with E-state index in [0.717, 1.165) is 40.0 Å². The number of likely N-dealkylation sites (tertiary alicyclic amines) is 1. The van der Waals surface area contributed by atoms with Crippen molar-refractivity contribution < 1.29 is 13.2 Å². The van der Waals surface area contributed by atoms with Crippen molar-refractivity contribution >= 4 is 38.3 Å². The number of rotatable bonds is 8. The summed E-state index contributed by atoms with van der Waals surface area (Å²) in [6, 6.07) is 27.7. The van der Waals surface area contributed by atoms with E-state index < -0.39 is 10.0 Å². The van der Waals surface area contributed by atoms with E-state index in [1.807, 2.05) is 30.3 Å². The van der Waals surface area contributed by atoms with Gasteiger partial charge in [-0.25, -0.2) is 8.42 Å². The zero-order valence-electron chi connectivity index (χ0n) is 22.3. The summed E-state index contributed by atoms with van der Waals surface area (Å²) >= 11 is 2.21. The van der Waals surface area contributed by atoms with Gasteiger partial charge in [0.05, 0.1) is 17.7 Å². The number of aromatic nitrogens is 1. The van der Waals surface area contributed by atoms with E-state index in [9.17, 15) is 8.42 Å². The zero-order valence-corrected chi connectivity index (χ0v) is 25.3. The van der Waals surface area contributed by atoms with Gasteiger partial charge in [-0.2, -0.15) is 0 Å². The summed E-state index contributed by atoms with van der Waals surface area (Å²) in [6.45, 7) is 1.85. The van der Waals surface area contributed by atoms with E-state index in [2.05, 4.69) is 68.9 Å². The number of ether oxygens (including phenoxy) is 1. The van der Waals surface area contributed by atoms with Crippen molar-refractivity contribution in [1.29, 1.82) is 0 Å². The fourth-order valence-corrected chi connectivity index (χ4v) is 6.91. The highest BCUT2D eigenvalue weighted by Gasteiger charge is 2.25. The molecule has 0 spiro atoms. The predicted molar refractivity (Wildman–Crippen MR) is 166 cm³/mol. The van der Waals surface area contributed by atoms with E-state index >= 15 is 0 Å². The lowest BCUT2D eigenvalue weighted by molar-refractivity contribution is 0.190. The molecule has 1 aliphatic heterocycles. The molecule has 1 atom stereocenters. The van der Waals surface area contributed by atoms with Crippen molar-refractivity contribution in [2.24, 2.45) is 0 Å². The molecule has 5 rings (SSSR count). The molecule has 39 heavy (non-hydrogen) atoms. The van der Waals surface area contributed by atoms with Gasteiger partial charge in [-0.3, -0.25) is 9.21 Å². The van der Waals surface area contributed by atoms with Crippen LogP contribution in [0.15, 0.2) is 89.8 Å². The van der Waals surface area contributed by atoms with Crippen molar-refractivity contribution in [3.8, 4) is 17.0 Å². The summed E-state index contributed by atoms with van der Waals surface area (Å²) in [5, 5.41) is 0. The summed E-state index contributed by atoms with van der Waals surface area (Å²) < 4.78 is 35.1.